The first kappa shape index (κ1) is 16.0. The normalized spacial score (nSPS) is 11.3. The summed E-state index contributed by atoms with van der Waals surface area (Å²) in [5.41, 5.74) is 2.25. The van der Waals surface area contributed by atoms with E-state index in [1.807, 2.05) is 30.4 Å². The van der Waals surface area contributed by atoms with Crippen molar-refractivity contribution in [1.82, 2.24) is 20.2 Å². The predicted molar refractivity (Wildman–Crippen MR) is 97.4 cm³/mol. The minimum absolute atomic E-state index is 0.753. The maximum absolute atomic E-state index is 4.62. The molecule has 0 amide bonds. The minimum Gasteiger partial charge on any atom is -0.259 e. The molecule has 0 bridgehead atoms. The Morgan fingerprint density at radius 2 is 2.04 bits per heavy atom. The molecule has 0 spiro atoms. The standard InChI is InChI=1S/C17H18N4S2/c1-2-6-16-18-14(11-22-16)12-23-17-19-15(20-21-17)10-9-13-7-4-3-5-8-13/h3-5,7-11H,2,6,12H2,1H3,(H,19,20,21)/b10-9+. The first-order chi connectivity index (χ1) is 11.3. The van der Waals surface area contributed by atoms with Crippen LogP contribution in [0.3, 0.4) is 0 Å². The number of hydrogen-bond donors (Lipinski definition) is 1. The van der Waals surface area contributed by atoms with Crippen LogP contribution in [0, 0.1) is 0 Å². The van der Waals surface area contributed by atoms with E-state index < -0.39 is 0 Å². The number of aryl methyl sites for hydroxylation is 1. The Labute approximate surface area is 144 Å². The largest absolute Gasteiger partial charge is 0.259 e. The lowest BCUT2D eigenvalue weighted by Gasteiger charge is -1.92. The molecular weight excluding hydrogens is 324 g/mol. The fourth-order valence-electron chi connectivity index (χ4n) is 2.02. The molecule has 6 heteroatoms. The summed E-state index contributed by atoms with van der Waals surface area (Å²) in [4.78, 5) is 9.08. The van der Waals surface area contributed by atoms with Crippen molar-refractivity contribution < 1.29 is 0 Å². The predicted octanol–water partition coefficient (Wildman–Crippen LogP) is 4.68. The molecule has 2 aromatic heterocycles. The average molecular weight is 342 g/mol. The van der Waals surface area contributed by atoms with Gasteiger partial charge in [-0.2, -0.15) is 0 Å². The Morgan fingerprint density at radius 1 is 1.17 bits per heavy atom. The van der Waals surface area contributed by atoms with Crippen LogP contribution >= 0.6 is 23.1 Å². The van der Waals surface area contributed by atoms with Crippen LogP contribution in [0.15, 0.2) is 40.9 Å². The van der Waals surface area contributed by atoms with E-state index in [4.69, 9.17) is 0 Å². The number of hydrogen-bond acceptors (Lipinski definition) is 5. The van der Waals surface area contributed by atoms with Crippen LogP contribution in [0.2, 0.25) is 0 Å². The molecule has 3 aromatic rings. The molecule has 0 aliphatic heterocycles. The minimum atomic E-state index is 0.753. The number of thiazole rings is 1. The molecule has 23 heavy (non-hydrogen) atoms. The molecule has 3 rings (SSSR count). The van der Waals surface area contributed by atoms with Crippen molar-refractivity contribution in [3.63, 3.8) is 0 Å². The van der Waals surface area contributed by atoms with Gasteiger partial charge in [-0.15, -0.1) is 16.4 Å². The smallest absolute Gasteiger partial charge is 0.209 e. The quantitative estimate of drug-likeness (QED) is 0.634. The molecule has 1 N–H and O–H groups in total. The maximum Gasteiger partial charge on any atom is 0.209 e. The summed E-state index contributed by atoms with van der Waals surface area (Å²) in [5, 5.41) is 11.3. The zero-order chi connectivity index (χ0) is 15.9. The van der Waals surface area contributed by atoms with E-state index in [9.17, 15) is 0 Å². The first-order valence-corrected chi connectivity index (χ1v) is 9.41. The van der Waals surface area contributed by atoms with E-state index >= 15 is 0 Å². The fraction of sp³-hybridized carbons (Fsp3) is 0.235. The number of thioether (sulfide) groups is 1. The molecule has 2 heterocycles. The highest BCUT2D eigenvalue weighted by molar-refractivity contribution is 7.98. The van der Waals surface area contributed by atoms with Crippen molar-refractivity contribution in [1.29, 1.82) is 0 Å². The molecule has 0 aliphatic rings. The van der Waals surface area contributed by atoms with Gasteiger partial charge in [0.1, 0.15) is 5.82 Å². The first-order valence-electron chi connectivity index (χ1n) is 7.55. The van der Waals surface area contributed by atoms with E-state index in [1.54, 1.807) is 23.1 Å². The van der Waals surface area contributed by atoms with Crippen LogP contribution in [-0.2, 0) is 12.2 Å². The third-order valence-electron chi connectivity index (χ3n) is 3.13. The second kappa shape index (κ2) is 8.08. The second-order valence-corrected chi connectivity index (χ2v) is 6.90. The van der Waals surface area contributed by atoms with Crippen molar-refractivity contribution in [3.8, 4) is 0 Å². The zero-order valence-corrected chi connectivity index (χ0v) is 14.5. The molecular formula is C17H18N4S2. The van der Waals surface area contributed by atoms with E-state index in [0.29, 0.717) is 0 Å². The Hall–Kier alpha value is -1.92. The number of H-pyrrole nitrogens is 1. The van der Waals surface area contributed by atoms with Gasteiger partial charge in [0.15, 0.2) is 0 Å². The van der Waals surface area contributed by atoms with Gasteiger partial charge in [0.25, 0.3) is 0 Å². The number of aromatic nitrogens is 4. The summed E-state index contributed by atoms with van der Waals surface area (Å²) in [7, 11) is 0. The van der Waals surface area contributed by atoms with Gasteiger partial charge in [-0.1, -0.05) is 55.1 Å². The van der Waals surface area contributed by atoms with E-state index in [-0.39, 0.29) is 0 Å². The summed E-state index contributed by atoms with van der Waals surface area (Å²) >= 11 is 3.34. The molecule has 0 saturated carbocycles. The summed E-state index contributed by atoms with van der Waals surface area (Å²) < 4.78 is 0. The number of rotatable bonds is 7. The number of aromatic amines is 1. The Balaban J connectivity index is 1.55. The summed E-state index contributed by atoms with van der Waals surface area (Å²) in [6.07, 6.45) is 6.16. The van der Waals surface area contributed by atoms with Crippen LogP contribution in [0.1, 0.15) is 35.4 Å². The maximum atomic E-state index is 4.62. The number of nitrogens with one attached hydrogen (secondary N) is 1. The average Bonchev–Trinajstić information content (AvgIpc) is 3.22. The van der Waals surface area contributed by atoms with E-state index in [1.165, 1.54) is 5.01 Å². The molecule has 0 atom stereocenters. The number of nitrogens with zero attached hydrogens (tertiary/aromatic N) is 3. The molecule has 0 unspecified atom stereocenters. The highest BCUT2D eigenvalue weighted by atomic mass is 32.2. The van der Waals surface area contributed by atoms with Crippen LogP contribution in [0.25, 0.3) is 12.2 Å². The molecule has 1 aromatic carbocycles. The second-order valence-electron chi connectivity index (χ2n) is 5.02. The zero-order valence-electron chi connectivity index (χ0n) is 12.9. The molecule has 0 aliphatic carbocycles. The van der Waals surface area contributed by atoms with Gasteiger partial charge in [0.2, 0.25) is 5.16 Å². The van der Waals surface area contributed by atoms with Gasteiger partial charge in [-0.25, -0.2) is 9.97 Å². The van der Waals surface area contributed by atoms with Crippen LogP contribution < -0.4 is 0 Å². The van der Waals surface area contributed by atoms with Gasteiger partial charge in [0.05, 0.1) is 10.7 Å². The van der Waals surface area contributed by atoms with Crippen molar-refractivity contribution in [2.24, 2.45) is 0 Å². The van der Waals surface area contributed by atoms with Crippen LogP contribution in [-0.4, -0.2) is 20.2 Å². The van der Waals surface area contributed by atoms with Gasteiger partial charge in [0, 0.05) is 11.1 Å². The molecule has 118 valence electrons. The van der Waals surface area contributed by atoms with Gasteiger partial charge >= 0.3 is 0 Å². The monoisotopic (exact) mass is 342 g/mol. The Kier molecular flexibility index (Phi) is 5.60. The molecule has 4 nitrogen and oxygen atoms in total. The highest BCUT2D eigenvalue weighted by Crippen LogP contribution is 2.21. The molecule has 0 fully saturated rings. The highest BCUT2D eigenvalue weighted by Gasteiger charge is 2.05. The lowest BCUT2D eigenvalue weighted by Crippen LogP contribution is -1.85. The van der Waals surface area contributed by atoms with Crippen LogP contribution in [0.4, 0.5) is 0 Å². The lowest BCUT2D eigenvalue weighted by molar-refractivity contribution is 0.901. The van der Waals surface area contributed by atoms with Crippen molar-refractivity contribution >= 4 is 35.3 Å². The molecule has 0 saturated heterocycles. The summed E-state index contributed by atoms with van der Waals surface area (Å²) in [5.74, 6) is 1.57. The lowest BCUT2D eigenvalue weighted by atomic mass is 10.2. The third-order valence-corrected chi connectivity index (χ3v) is 4.97. The van der Waals surface area contributed by atoms with Gasteiger partial charge in [-0.05, 0) is 24.5 Å². The van der Waals surface area contributed by atoms with Crippen molar-refractivity contribution in [2.45, 2.75) is 30.7 Å². The third kappa shape index (κ3) is 4.77. The van der Waals surface area contributed by atoms with E-state index in [0.717, 1.165) is 40.8 Å². The topological polar surface area (TPSA) is 54.5 Å². The SMILES string of the molecule is CCCc1nc(CSc2n[nH]c(/C=C/c3ccccc3)n2)cs1. The van der Waals surface area contributed by atoms with E-state index in [2.05, 4.69) is 44.6 Å². The number of benzene rings is 1. The van der Waals surface area contributed by atoms with Crippen LogP contribution in [0.5, 0.6) is 0 Å². The van der Waals surface area contributed by atoms with Gasteiger partial charge < -0.3 is 0 Å². The van der Waals surface area contributed by atoms with Crippen molar-refractivity contribution in [2.75, 3.05) is 0 Å². The summed E-state index contributed by atoms with van der Waals surface area (Å²) in [6, 6.07) is 10.1. The Bertz CT molecular complexity index is 762. The van der Waals surface area contributed by atoms with Crippen molar-refractivity contribution in [3.05, 3.63) is 57.8 Å². The Morgan fingerprint density at radius 3 is 2.87 bits per heavy atom. The van der Waals surface area contributed by atoms with Gasteiger partial charge in [-0.3, -0.25) is 5.10 Å². The fourth-order valence-corrected chi connectivity index (χ4v) is 3.72. The molecule has 0 radical (unpaired) electrons. The summed E-state index contributed by atoms with van der Waals surface area (Å²) in [6.45, 7) is 2.17.